The fourth-order valence-electron chi connectivity index (χ4n) is 2.02. The van der Waals surface area contributed by atoms with E-state index >= 15 is 0 Å². The van der Waals surface area contributed by atoms with Gasteiger partial charge < -0.3 is 4.74 Å². The predicted molar refractivity (Wildman–Crippen MR) is 71.4 cm³/mol. The van der Waals surface area contributed by atoms with Crippen LogP contribution in [-0.2, 0) is 23.0 Å². The van der Waals surface area contributed by atoms with E-state index in [2.05, 4.69) is 5.10 Å². The highest BCUT2D eigenvalue weighted by Gasteiger charge is 2.31. The zero-order valence-electron chi connectivity index (χ0n) is 12.1. The highest BCUT2D eigenvalue weighted by molar-refractivity contribution is 5.84. The molecule has 0 saturated carbocycles. The number of hydrogen-bond acceptors (Lipinski definition) is 3. The zero-order valence-corrected chi connectivity index (χ0v) is 12.1. The van der Waals surface area contributed by atoms with Crippen LogP contribution in [0, 0.1) is 5.41 Å². The molecule has 102 valence electrons. The summed E-state index contributed by atoms with van der Waals surface area (Å²) in [4.78, 5) is 12.2. The molecule has 0 N–H and O–H groups in total. The van der Waals surface area contributed by atoms with Crippen LogP contribution in [0.4, 0.5) is 0 Å². The van der Waals surface area contributed by atoms with E-state index in [4.69, 9.17) is 4.74 Å². The molecule has 1 rings (SSSR count). The van der Waals surface area contributed by atoms with E-state index in [1.165, 1.54) is 0 Å². The maximum Gasteiger partial charge on any atom is 0.162 e. The van der Waals surface area contributed by atoms with Gasteiger partial charge in [0.25, 0.3) is 0 Å². The first-order valence-corrected chi connectivity index (χ1v) is 6.47. The number of aryl methyl sites for hydroxylation is 2. The van der Waals surface area contributed by atoms with Crippen molar-refractivity contribution in [2.45, 2.75) is 46.6 Å². The van der Waals surface area contributed by atoms with Crippen molar-refractivity contribution in [3.8, 4) is 0 Å². The van der Waals surface area contributed by atoms with Crippen molar-refractivity contribution in [3.63, 3.8) is 0 Å². The second kappa shape index (κ2) is 6.14. The first kappa shape index (κ1) is 14.9. The van der Waals surface area contributed by atoms with Gasteiger partial charge in [-0.25, -0.2) is 0 Å². The first-order chi connectivity index (χ1) is 8.36. The summed E-state index contributed by atoms with van der Waals surface area (Å²) in [5.41, 5.74) is 0.923. The lowest BCUT2D eigenvalue weighted by atomic mass is 9.85. The third-order valence-electron chi connectivity index (χ3n) is 2.96. The molecule has 0 fully saturated rings. The van der Waals surface area contributed by atoms with Crippen LogP contribution in [0.2, 0.25) is 0 Å². The summed E-state index contributed by atoms with van der Waals surface area (Å²) in [5.74, 6) is 0.172. The van der Waals surface area contributed by atoms with Crippen LogP contribution >= 0.6 is 0 Å². The molecule has 0 bridgehead atoms. The number of hydrogen-bond donors (Lipinski definition) is 0. The average Bonchev–Trinajstić information content (AvgIpc) is 2.67. The van der Waals surface area contributed by atoms with Gasteiger partial charge in [0.05, 0.1) is 0 Å². The Morgan fingerprint density at radius 1 is 1.50 bits per heavy atom. The summed E-state index contributed by atoms with van der Waals surface area (Å²) in [7, 11) is 1.89. The molecule has 1 aromatic rings. The van der Waals surface area contributed by atoms with Gasteiger partial charge in [0.15, 0.2) is 5.78 Å². The largest absolute Gasteiger partial charge is 0.370 e. The van der Waals surface area contributed by atoms with Crippen molar-refractivity contribution in [2.75, 3.05) is 6.61 Å². The van der Waals surface area contributed by atoms with E-state index in [0.717, 1.165) is 12.1 Å². The molecule has 0 aliphatic heterocycles. The smallest absolute Gasteiger partial charge is 0.162 e. The predicted octanol–water partition coefficient (Wildman–Crippen LogP) is 2.37. The number of rotatable bonds is 6. The van der Waals surface area contributed by atoms with Crippen molar-refractivity contribution < 1.29 is 9.53 Å². The van der Waals surface area contributed by atoms with Gasteiger partial charge in [0, 0.05) is 32.0 Å². The third-order valence-corrected chi connectivity index (χ3v) is 2.96. The third kappa shape index (κ3) is 3.95. The lowest BCUT2D eigenvalue weighted by Crippen LogP contribution is -2.37. The second-order valence-electron chi connectivity index (χ2n) is 5.61. The number of ether oxygens (including phenoxy) is 1. The molecule has 18 heavy (non-hydrogen) atoms. The average molecular weight is 252 g/mol. The molecule has 0 saturated heterocycles. The minimum atomic E-state index is -0.323. The van der Waals surface area contributed by atoms with Crippen LogP contribution < -0.4 is 0 Å². The van der Waals surface area contributed by atoms with Gasteiger partial charge in [-0.2, -0.15) is 5.10 Å². The van der Waals surface area contributed by atoms with E-state index in [9.17, 15) is 4.79 Å². The summed E-state index contributed by atoms with van der Waals surface area (Å²) < 4.78 is 7.40. The van der Waals surface area contributed by atoms with E-state index in [1.54, 1.807) is 10.9 Å². The Hall–Kier alpha value is -1.16. The molecule has 0 radical (unpaired) electrons. The molecule has 0 aliphatic rings. The Morgan fingerprint density at radius 3 is 2.61 bits per heavy atom. The van der Waals surface area contributed by atoms with E-state index in [1.807, 2.05) is 40.8 Å². The molecule has 1 heterocycles. The van der Waals surface area contributed by atoms with Gasteiger partial charge in [-0.1, -0.05) is 20.8 Å². The van der Waals surface area contributed by atoms with Gasteiger partial charge in [-0.05, 0) is 24.8 Å². The van der Waals surface area contributed by atoms with Crippen LogP contribution in [0.1, 0.15) is 39.8 Å². The molecular weight excluding hydrogens is 228 g/mol. The second-order valence-corrected chi connectivity index (χ2v) is 5.61. The molecule has 4 nitrogen and oxygen atoms in total. The number of ketones is 1. The Morgan fingerprint density at radius 2 is 2.17 bits per heavy atom. The van der Waals surface area contributed by atoms with Gasteiger partial charge in [0.1, 0.15) is 6.10 Å². The Kier molecular flexibility index (Phi) is 5.08. The fourth-order valence-corrected chi connectivity index (χ4v) is 2.02. The molecule has 0 aliphatic carbocycles. The first-order valence-electron chi connectivity index (χ1n) is 6.47. The van der Waals surface area contributed by atoms with Crippen LogP contribution in [0.3, 0.4) is 0 Å². The van der Waals surface area contributed by atoms with Crippen LogP contribution in [0.25, 0.3) is 0 Å². The zero-order chi connectivity index (χ0) is 13.8. The van der Waals surface area contributed by atoms with Gasteiger partial charge in [-0.3, -0.25) is 9.48 Å². The number of carbonyl (C=O) groups excluding carboxylic acids is 1. The van der Waals surface area contributed by atoms with Gasteiger partial charge in [-0.15, -0.1) is 0 Å². The molecule has 0 aromatic carbocycles. The number of aromatic nitrogens is 2. The van der Waals surface area contributed by atoms with Crippen molar-refractivity contribution in [1.82, 2.24) is 9.78 Å². The lowest BCUT2D eigenvalue weighted by Gasteiger charge is -2.29. The Bertz CT molecular complexity index is 391. The van der Waals surface area contributed by atoms with E-state index in [0.29, 0.717) is 13.0 Å². The maximum atomic E-state index is 12.2. The SMILES string of the molecule is CCOC(C(=O)CCc1ccnn1C)C(C)(C)C. The number of Topliss-reactive ketones (excluding diaryl/α,β-unsaturated/α-hetero) is 1. The standard InChI is InChI=1S/C14H24N2O2/c1-6-18-13(14(2,3)4)12(17)8-7-11-9-10-15-16(11)5/h9-10,13H,6-8H2,1-5H3. The monoisotopic (exact) mass is 252 g/mol. The van der Waals surface area contributed by atoms with Crippen molar-refractivity contribution in [2.24, 2.45) is 12.5 Å². The summed E-state index contributed by atoms with van der Waals surface area (Å²) in [5, 5.41) is 4.10. The molecule has 1 atom stereocenters. The molecule has 4 heteroatoms. The topological polar surface area (TPSA) is 44.1 Å². The van der Waals surface area contributed by atoms with Crippen LogP contribution in [-0.4, -0.2) is 28.3 Å². The Balaban J connectivity index is 2.60. The minimum absolute atomic E-state index is 0.153. The van der Waals surface area contributed by atoms with E-state index in [-0.39, 0.29) is 17.3 Å². The van der Waals surface area contributed by atoms with Crippen LogP contribution in [0.5, 0.6) is 0 Å². The Labute approximate surface area is 109 Å². The molecule has 1 unspecified atom stereocenters. The summed E-state index contributed by atoms with van der Waals surface area (Å²) in [6.07, 6.45) is 2.65. The molecular formula is C14H24N2O2. The van der Waals surface area contributed by atoms with Crippen molar-refractivity contribution in [3.05, 3.63) is 18.0 Å². The number of carbonyl (C=O) groups is 1. The summed E-state index contributed by atoms with van der Waals surface area (Å²) in [6, 6.07) is 1.94. The fraction of sp³-hybridized carbons (Fsp3) is 0.714. The normalized spacial score (nSPS) is 13.6. The van der Waals surface area contributed by atoms with Gasteiger partial charge >= 0.3 is 0 Å². The maximum absolute atomic E-state index is 12.2. The molecule has 0 spiro atoms. The molecule has 1 aromatic heterocycles. The summed E-state index contributed by atoms with van der Waals surface area (Å²) in [6.45, 7) is 8.60. The summed E-state index contributed by atoms with van der Waals surface area (Å²) >= 11 is 0. The quantitative estimate of drug-likeness (QED) is 0.780. The number of nitrogens with zero attached hydrogens (tertiary/aromatic N) is 2. The van der Waals surface area contributed by atoms with Crippen molar-refractivity contribution in [1.29, 1.82) is 0 Å². The van der Waals surface area contributed by atoms with Gasteiger partial charge in [0.2, 0.25) is 0 Å². The molecule has 0 amide bonds. The highest BCUT2D eigenvalue weighted by atomic mass is 16.5. The minimum Gasteiger partial charge on any atom is -0.370 e. The highest BCUT2D eigenvalue weighted by Crippen LogP contribution is 2.24. The van der Waals surface area contributed by atoms with Crippen LogP contribution in [0.15, 0.2) is 12.3 Å². The van der Waals surface area contributed by atoms with Crippen molar-refractivity contribution >= 4 is 5.78 Å². The van der Waals surface area contributed by atoms with E-state index < -0.39 is 0 Å². The lowest BCUT2D eigenvalue weighted by molar-refractivity contribution is -0.137.